The third kappa shape index (κ3) is 2.34. The van der Waals surface area contributed by atoms with Crippen LogP contribution >= 0.6 is 0 Å². The number of hydrogen-bond acceptors (Lipinski definition) is 2. The van der Waals surface area contributed by atoms with Gasteiger partial charge in [-0.05, 0) is 18.6 Å². The van der Waals surface area contributed by atoms with E-state index in [9.17, 15) is 13.2 Å². The molecule has 0 fully saturated rings. The lowest BCUT2D eigenvalue weighted by atomic mass is 10.0. The Bertz CT molecular complexity index is 278. The lowest BCUT2D eigenvalue weighted by Crippen LogP contribution is -2.17. The summed E-state index contributed by atoms with van der Waals surface area (Å²) in [4.78, 5) is 3.59. The van der Waals surface area contributed by atoms with Gasteiger partial charge in [0.15, 0.2) is 0 Å². The van der Waals surface area contributed by atoms with E-state index in [1.165, 1.54) is 12.1 Å². The van der Waals surface area contributed by atoms with Crippen molar-refractivity contribution in [2.75, 3.05) is 5.73 Å². The Hall–Kier alpha value is -1.26. The third-order valence-corrected chi connectivity index (χ3v) is 1.80. The fourth-order valence-electron chi connectivity index (χ4n) is 0.862. The molecule has 1 rings (SSSR count). The van der Waals surface area contributed by atoms with Crippen molar-refractivity contribution in [1.82, 2.24) is 4.98 Å². The zero-order valence-corrected chi connectivity index (χ0v) is 6.97. The molecule has 0 saturated heterocycles. The van der Waals surface area contributed by atoms with E-state index in [0.717, 1.165) is 13.1 Å². The first kappa shape index (κ1) is 9.83. The predicted molar refractivity (Wildman–Crippen MR) is 43.1 cm³/mol. The number of rotatable bonds is 1. The highest BCUT2D eigenvalue weighted by molar-refractivity contribution is 5.30. The molecular formula is C8H9F3N2. The minimum absolute atomic E-state index is 0.127. The van der Waals surface area contributed by atoms with E-state index in [2.05, 4.69) is 4.98 Å². The van der Waals surface area contributed by atoms with Gasteiger partial charge in [-0.2, -0.15) is 13.2 Å². The molecule has 0 saturated carbocycles. The van der Waals surface area contributed by atoms with Crippen LogP contribution in [-0.2, 0) is 0 Å². The zero-order chi connectivity index (χ0) is 10.1. The van der Waals surface area contributed by atoms with Gasteiger partial charge < -0.3 is 5.73 Å². The first-order valence-corrected chi connectivity index (χ1v) is 3.69. The van der Waals surface area contributed by atoms with Crippen molar-refractivity contribution in [1.29, 1.82) is 0 Å². The number of aromatic nitrogens is 1. The van der Waals surface area contributed by atoms with Gasteiger partial charge in [0.25, 0.3) is 0 Å². The molecule has 0 bridgehead atoms. The Balaban J connectivity index is 2.90. The molecule has 2 N–H and O–H groups in total. The van der Waals surface area contributed by atoms with Crippen LogP contribution in [0.5, 0.6) is 0 Å². The lowest BCUT2D eigenvalue weighted by molar-refractivity contribution is -0.146. The van der Waals surface area contributed by atoms with Gasteiger partial charge in [0.05, 0.1) is 5.92 Å². The summed E-state index contributed by atoms with van der Waals surface area (Å²) in [5, 5.41) is 0. The van der Waals surface area contributed by atoms with Crippen LogP contribution in [0.15, 0.2) is 18.3 Å². The summed E-state index contributed by atoms with van der Waals surface area (Å²) in [5.41, 5.74) is 5.37. The fraction of sp³-hybridized carbons (Fsp3) is 0.375. The van der Waals surface area contributed by atoms with Crippen molar-refractivity contribution in [2.24, 2.45) is 0 Å². The highest BCUT2D eigenvalue weighted by Gasteiger charge is 2.37. The molecule has 1 aromatic heterocycles. The highest BCUT2D eigenvalue weighted by atomic mass is 19.4. The second kappa shape index (κ2) is 3.24. The average molecular weight is 190 g/mol. The van der Waals surface area contributed by atoms with Gasteiger partial charge in [0.1, 0.15) is 5.82 Å². The van der Waals surface area contributed by atoms with E-state index in [-0.39, 0.29) is 11.4 Å². The molecule has 0 aromatic carbocycles. The summed E-state index contributed by atoms with van der Waals surface area (Å²) in [6, 6.07) is 2.69. The van der Waals surface area contributed by atoms with Gasteiger partial charge in [0, 0.05) is 6.20 Å². The molecule has 1 heterocycles. The number of nitrogens with zero attached hydrogens (tertiary/aromatic N) is 1. The Kier molecular flexibility index (Phi) is 2.45. The van der Waals surface area contributed by atoms with Crippen molar-refractivity contribution in [3.8, 4) is 0 Å². The quantitative estimate of drug-likeness (QED) is 0.738. The molecule has 0 amide bonds. The molecule has 72 valence electrons. The molecule has 0 aliphatic heterocycles. The minimum atomic E-state index is -4.22. The van der Waals surface area contributed by atoms with Gasteiger partial charge in [0.2, 0.25) is 0 Å². The number of halogens is 3. The molecule has 0 aliphatic carbocycles. The first-order valence-electron chi connectivity index (χ1n) is 3.69. The number of pyridine rings is 1. The summed E-state index contributed by atoms with van der Waals surface area (Å²) in [6.45, 7) is 1.09. The second-order valence-electron chi connectivity index (χ2n) is 2.78. The zero-order valence-electron chi connectivity index (χ0n) is 6.97. The molecule has 0 spiro atoms. The van der Waals surface area contributed by atoms with Crippen LogP contribution in [-0.4, -0.2) is 11.2 Å². The summed E-state index contributed by atoms with van der Waals surface area (Å²) >= 11 is 0. The van der Waals surface area contributed by atoms with Crippen LogP contribution in [0.3, 0.4) is 0 Å². The number of nitrogen functional groups attached to an aromatic ring is 1. The average Bonchev–Trinajstić information content (AvgIpc) is 2.03. The largest absolute Gasteiger partial charge is 0.395 e. The second-order valence-corrected chi connectivity index (χ2v) is 2.78. The SMILES string of the molecule is CC(c1ccc(N)nc1)C(F)(F)F. The van der Waals surface area contributed by atoms with Crippen LogP contribution in [0, 0.1) is 0 Å². The topological polar surface area (TPSA) is 38.9 Å². The molecule has 1 atom stereocenters. The van der Waals surface area contributed by atoms with Crippen LogP contribution in [0.1, 0.15) is 18.4 Å². The first-order chi connectivity index (χ1) is 5.91. The molecule has 1 unspecified atom stereocenters. The maximum absolute atomic E-state index is 12.2. The van der Waals surface area contributed by atoms with Gasteiger partial charge >= 0.3 is 6.18 Å². The maximum Gasteiger partial charge on any atom is 0.395 e. The molecule has 5 heteroatoms. The summed E-state index contributed by atoms with van der Waals surface area (Å²) in [6.07, 6.45) is -3.08. The van der Waals surface area contributed by atoms with E-state index in [4.69, 9.17) is 5.73 Å². The smallest absolute Gasteiger partial charge is 0.384 e. The van der Waals surface area contributed by atoms with E-state index < -0.39 is 12.1 Å². The van der Waals surface area contributed by atoms with Crippen molar-refractivity contribution in [3.05, 3.63) is 23.9 Å². The lowest BCUT2D eigenvalue weighted by Gasteiger charge is -2.15. The number of anilines is 1. The monoisotopic (exact) mass is 190 g/mol. The Morgan fingerprint density at radius 3 is 2.38 bits per heavy atom. The number of alkyl halides is 3. The highest BCUT2D eigenvalue weighted by Crippen LogP contribution is 2.33. The third-order valence-electron chi connectivity index (χ3n) is 1.80. The van der Waals surface area contributed by atoms with Gasteiger partial charge in [-0.3, -0.25) is 0 Å². The van der Waals surface area contributed by atoms with Crippen molar-refractivity contribution < 1.29 is 13.2 Å². The number of hydrogen-bond donors (Lipinski definition) is 1. The Labute approximate surface area is 73.6 Å². The van der Waals surface area contributed by atoms with Gasteiger partial charge in [-0.1, -0.05) is 6.07 Å². The van der Waals surface area contributed by atoms with Gasteiger partial charge in [-0.25, -0.2) is 4.98 Å². The number of nitrogens with two attached hydrogens (primary N) is 1. The van der Waals surface area contributed by atoms with Crippen molar-refractivity contribution >= 4 is 5.82 Å². The van der Waals surface area contributed by atoms with E-state index >= 15 is 0 Å². The van der Waals surface area contributed by atoms with Gasteiger partial charge in [-0.15, -0.1) is 0 Å². The fourth-order valence-corrected chi connectivity index (χ4v) is 0.862. The standard InChI is InChI=1S/C8H9F3N2/c1-5(8(9,10)11)6-2-3-7(12)13-4-6/h2-5H,1H3,(H2,12,13). The normalized spacial score (nSPS) is 14.2. The van der Waals surface area contributed by atoms with Crippen LogP contribution in [0.2, 0.25) is 0 Å². The van der Waals surface area contributed by atoms with Crippen LogP contribution in [0.4, 0.5) is 19.0 Å². The van der Waals surface area contributed by atoms with Crippen LogP contribution in [0.25, 0.3) is 0 Å². The summed E-state index contributed by atoms with van der Waals surface area (Å²) in [7, 11) is 0. The molecule has 2 nitrogen and oxygen atoms in total. The van der Waals surface area contributed by atoms with E-state index in [1.54, 1.807) is 0 Å². The molecule has 0 aliphatic rings. The summed E-state index contributed by atoms with van der Waals surface area (Å²) < 4.78 is 36.5. The van der Waals surface area contributed by atoms with Crippen molar-refractivity contribution in [3.63, 3.8) is 0 Å². The molecular weight excluding hydrogens is 181 g/mol. The van der Waals surface area contributed by atoms with Crippen molar-refractivity contribution in [2.45, 2.75) is 19.0 Å². The predicted octanol–water partition coefficient (Wildman–Crippen LogP) is 2.33. The Morgan fingerprint density at radius 2 is 2.00 bits per heavy atom. The van der Waals surface area contributed by atoms with Crippen LogP contribution < -0.4 is 5.73 Å². The molecule has 1 aromatic rings. The maximum atomic E-state index is 12.2. The Morgan fingerprint density at radius 1 is 1.38 bits per heavy atom. The van der Waals surface area contributed by atoms with E-state index in [1.807, 2.05) is 0 Å². The summed E-state index contributed by atoms with van der Waals surface area (Å²) in [5.74, 6) is -1.28. The molecule has 13 heavy (non-hydrogen) atoms. The minimum Gasteiger partial charge on any atom is -0.384 e. The van der Waals surface area contributed by atoms with E-state index in [0.29, 0.717) is 0 Å². The molecule has 0 radical (unpaired) electrons.